The molecule has 0 aliphatic rings. The van der Waals surface area contributed by atoms with Gasteiger partial charge < -0.3 is 27.4 Å². The monoisotopic (exact) mass is 373 g/mol. The van der Waals surface area contributed by atoms with E-state index in [1.807, 2.05) is 0 Å². The van der Waals surface area contributed by atoms with Crippen molar-refractivity contribution in [3.8, 4) is 0 Å². The van der Waals surface area contributed by atoms with Crippen molar-refractivity contribution in [1.82, 2.24) is 0 Å². The summed E-state index contributed by atoms with van der Waals surface area (Å²) >= 11 is 0. The van der Waals surface area contributed by atoms with Crippen molar-refractivity contribution in [1.29, 1.82) is 0 Å². The van der Waals surface area contributed by atoms with Gasteiger partial charge in [-0.1, -0.05) is 27.7 Å². The average Bonchev–Trinajstić information content (AvgIpc) is 2.49. The number of carbonyl (C=O) groups is 4. The molecule has 0 saturated heterocycles. The number of carbonyl (C=O) groups excluding carboxylic acids is 2. The van der Waals surface area contributed by atoms with E-state index in [2.05, 4.69) is 0 Å². The summed E-state index contributed by atoms with van der Waals surface area (Å²) in [6, 6.07) is -1.31. The number of aliphatic carboxylic acids is 2. The fourth-order valence-corrected chi connectivity index (χ4v) is 2.87. The molecule has 0 radical (unpaired) electrons. The zero-order valence-electron chi connectivity index (χ0n) is 15.8. The summed E-state index contributed by atoms with van der Waals surface area (Å²) in [5, 5.41) is 18.6. The first-order valence-corrected chi connectivity index (χ1v) is 8.56. The second kappa shape index (κ2) is 9.20. The quantitative estimate of drug-likeness (QED) is 0.291. The average molecular weight is 373 g/mol. The van der Waals surface area contributed by atoms with Gasteiger partial charge in [-0.25, -0.2) is 9.59 Å². The van der Waals surface area contributed by atoms with Gasteiger partial charge in [-0.2, -0.15) is 0 Å². The maximum atomic E-state index is 12.4. The van der Waals surface area contributed by atoms with Gasteiger partial charge in [0.2, 0.25) is 0 Å². The van der Waals surface area contributed by atoms with Crippen LogP contribution in [0.25, 0.3) is 0 Å². The second-order valence-electron chi connectivity index (χ2n) is 7.68. The SMILES string of the molecule is CC(C)C[C@](N)(C(=O)O)C(=O)CCC(N)C(=O)[C@](N)(CC(C)C)C(=O)O. The molecule has 0 aromatic carbocycles. The molecule has 0 aromatic heterocycles. The topological polar surface area (TPSA) is 187 Å². The van der Waals surface area contributed by atoms with Crippen LogP contribution < -0.4 is 17.2 Å². The first kappa shape index (κ1) is 24.2. The first-order chi connectivity index (χ1) is 11.7. The Balaban J connectivity index is 5.19. The lowest BCUT2D eigenvalue weighted by atomic mass is 9.80. The van der Waals surface area contributed by atoms with E-state index in [1.54, 1.807) is 27.7 Å². The van der Waals surface area contributed by atoms with E-state index >= 15 is 0 Å². The van der Waals surface area contributed by atoms with Gasteiger partial charge in [0.05, 0.1) is 6.04 Å². The Kier molecular flexibility index (Phi) is 8.55. The third-order valence-corrected chi connectivity index (χ3v) is 4.18. The molecule has 1 unspecified atom stereocenters. The van der Waals surface area contributed by atoms with Crippen LogP contribution in [-0.2, 0) is 19.2 Å². The molecule has 3 atom stereocenters. The lowest BCUT2D eigenvalue weighted by Crippen LogP contribution is -2.61. The Labute approximate surface area is 153 Å². The predicted octanol–water partition coefficient (Wildman–Crippen LogP) is -0.111. The van der Waals surface area contributed by atoms with Crippen molar-refractivity contribution in [2.45, 2.75) is 70.5 Å². The van der Waals surface area contributed by atoms with E-state index in [9.17, 15) is 29.4 Å². The van der Waals surface area contributed by atoms with Gasteiger partial charge in [-0.15, -0.1) is 0 Å². The highest BCUT2D eigenvalue weighted by Gasteiger charge is 2.46. The number of rotatable bonds is 12. The van der Waals surface area contributed by atoms with Crippen molar-refractivity contribution in [2.75, 3.05) is 0 Å². The minimum Gasteiger partial charge on any atom is -0.480 e. The van der Waals surface area contributed by atoms with E-state index in [1.165, 1.54) is 0 Å². The minimum absolute atomic E-state index is 0.0619. The molecule has 0 fully saturated rings. The molecule has 8 N–H and O–H groups in total. The van der Waals surface area contributed by atoms with Crippen molar-refractivity contribution in [3.05, 3.63) is 0 Å². The van der Waals surface area contributed by atoms with E-state index < -0.39 is 40.6 Å². The fraction of sp³-hybridized carbons (Fsp3) is 0.765. The van der Waals surface area contributed by atoms with Crippen LogP contribution in [0.2, 0.25) is 0 Å². The summed E-state index contributed by atoms with van der Waals surface area (Å²) in [5.74, 6) is -4.89. The van der Waals surface area contributed by atoms with Gasteiger partial charge in [0, 0.05) is 6.42 Å². The van der Waals surface area contributed by atoms with Crippen LogP contribution in [0.3, 0.4) is 0 Å². The lowest BCUT2D eigenvalue weighted by Gasteiger charge is -2.29. The molecule has 0 aliphatic heterocycles. The Morgan fingerprint density at radius 3 is 1.58 bits per heavy atom. The van der Waals surface area contributed by atoms with Crippen LogP contribution in [0.1, 0.15) is 53.4 Å². The number of carboxylic acids is 2. The number of Topliss-reactive ketones (excluding diaryl/α,β-unsaturated/α-hetero) is 2. The van der Waals surface area contributed by atoms with Crippen LogP contribution in [0.4, 0.5) is 0 Å². The van der Waals surface area contributed by atoms with Gasteiger partial charge in [-0.05, 0) is 31.1 Å². The molecule has 0 aromatic rings. The Bertz CT molecular complexity index is 563. The molecular weight excluding hydrogens is 342 g/mol. The molecule has 9 nitrogen and oxygen atoms in total. The summed E-state index contributed by atoms with van der Waals surface area (Å²) in [6.45, 7) is 6.89. The van der Waals surface area contributed by atoms with Crippen molar-refractivity contribution >= 4 is 23.5 Å². The summed E-state index contributed by atoms with van der Waals surface area (Å²) in [7, 11) is 0. The predicted molar refractivity (Wildman–Crippen MR) is 95.2 cm³/mol. The zero-order chi connectivity index (χ0) is 20.9. The maximum absolute atomic E-state index is 12.4. The zero-order valence-corrected chi connectivity index (χ0v) is 15.8. The summed E-state index contributed by atoms with van der Waals surface area (Å²) in [4.78, 5) is 47.6. The van der Waals surface area contributed by atoms with E-state index in [-0.39, 0.29) is 37.5 Å². The maximum Gasteiger partial charge on any atom is 0.331 e. The summed E-state index contributed by atoms with van der Waals surface area (Å²) in [6.07, 6.45) is -0.758. The number of hydrogen-bond donors (Lipinski definition) is 5. The molecule has 0 rings (SSSR count). The number of ketones is 2. The van der Waals surface area contributed by atoms with Crippen LogP contribution in [0.5, 0.6) is 0 Å². The standard InChI is InChI=1S/C17H31N3O6/c1-9(2)7-16(19,14(23)24)12(21)6-5-11(18)13(22)17(20,15(25)26)8-10(3)4/h9-11H,5-8,18-20H2,1-4H3,(H,23,24)(H,25,26)/t11?,16-,17-/m1/s1. The van der Waals surface area contributed by atoms with Crippen LogP contribution in [0.15, 0.2) is 0 Å². The molecule has 0 amide bonds. The highest BCUT2D eigenvalue weighted by atomic mass is 16.4. The number of hydrogen-bond acceptors (Lipinski definition) is 7. The minimum atomic E-state index is -2.15. The van der Waals surface area contributed by atoms with Crippen LogP contribution in [0, 0.1) is 11.8 Å². The molecular formula is C17H31N3O6. The summed E-state index contributed by atoms with van der Waals surface area (Å²) < 4.78 is 0. The molecule has 26 heavy (non-hydrogen) atoms. The Morgan fingerprint density at radius 2 is 1.23 bits per heavy atom. The Morgan fingerprint density at radius 1 is 0.846 bits per heavy atom. The van der Waals surface area contributed by atoms with Crippen molar-refractivity contribution < 1.29 is 29.4 Å². The highest BCUT2D eigenvalue weighted by molar-refractivity contribution is 6.10. The first-order valence-electron chi connectivity index (χ1n) is 8.56. The third kappa shape index (κ3) is 5.86. The lowest BCUT2D eigenvalue weighted by molar-refractivity contribution is -0.150. The van der Waals surface area contributed by atoms with Crippen molar-refractivity contribution in [2.24, 2.45) is 29.0 Å². The van der Waals surface area contributed by atoms with Gasteiger partial charge >= 0.3 is 11.9 Å². The highest BCUT2D eigenvalue weighted by Crippen LogP contribution is 2.21. The van der Waals surface area contributed by atoms with Gasteiger partial charge in [0.15, 0.2) is 22.6 Å². The second-order valence-corrected chi connectivity index (χ2v) is 7.68. The fourth-order valence-electron chi connectivity index (χ4n) is 2.87. The van der Waals surface area contributed by atoms with Crippen LogP contribution >= 0.6 is 0 Å². The number of carboxylic acid groups (broad SMARTS) is 2. The number of nitrogens with two attached hydrogens (primary N) is 3. The van der Waals surface area contributed by atoms with Gasteiger partial charge in [0.25, 0.3) is 0 Å². The van der Waals surface area contributed by atoms with E-state index in [0.29, 0.717) is 0 Å². The molecule has 0 saturated carbocycles. The van der Waals surface area contributed by atoms with E-state index in [4.69, 9.17) is 17.2 Å². The molecule has 0 heterocycles. The van der Waals surface area contributed by atoms with Gasteiger partial charge in [-0.3, -0.25) is 9.59 Å². The van der Waals surface area contributed by atoms with Crippen LogP contribution in [-0.4, -0.2) is 50.8 Å². The van der Waals surface area contributed by atoms with Gasteiger partial charge in [0.1, 0.15) is 0 Å². The molecule has 0 spiro atoms. The molecule has 9 heteroatoms. The van der Waals surface area contributed by atoms with E-state index in [0.717, 1.165) is 0 Å². The molecule has 0 aliphatic carbocycles. The normalized spacial score (nSPS) is 17.4. The molecule has 150 valence electrons. The smallest absolute Gasteiger partial charge is 0.331 e. The molecule has 0 bridgehead atoms. The summed E-state index contributed by atoms with van der Waals surface area (Å²) in [5.41, 5.74) is 13.0. The third-order valence-electron chi connectivity index (χ3n) is 4.18. The Hall–Kier alpha value is -1.84. The largest absolute Gasteiger partial charge is 0.480 e. The van der Waals surface area contributed by atoms with Crippen molar-refractivity contribution in [3.63, 3.8) is 0 Å².